The molecule has 0 radical (unpaired) electrons. The van der Waals surface area contributed by atoms with Gasteiger partial charge in [-0.05, 0) is 162 Å². The van der Waals surface area contributed by atoms with Crippen LogP contribution in [0.3, 0.4) is 0 Å². The maximum absolute atomic E-state index is 16.8. The molecule has 4 heterocycles. The Labute approximate surface area is 681 Å². The van der Waals surface area contributed by atoms with E-state index in [0.29, 0.717) is 83.5 Å². The molecule has 9 unspecified atom stereocenters. The Kier molecular flexibility index (Phi) is 31.6. The van der Waals surface area contributed by atoms with E-state index < -0.39 is 243 Å². The van der Waals surface area contributed by atoms with Crippen molar-refractivity contribution in [2.75, 3.05) is 20.3 Å². The monoisotopic (exact) mass is 1650 g/mol. The van der Waals surface area contributed by atoms with Crippen LogP contribution in [0.4, 0.5) is 0 Å². The number of hydrogen-bond acceptors (Lipinski definition) is 29. The summed E-state index contributed by atoms with van der Waals surface area (Å²) in [4.78, 5) is 74.0. The van der Waals surface area contributed by atoms with Crippen LogP contribution in [0.2, 0.25) is 0 Å². The molecule has 0 spiro atoms. The molecule has 0 aromatic heterocycles. The van der Waals surface area contributed by atoms with E-state index >= 15 is 9.59 Å². The van der Waals surface area contributed by atoms with E-state index in [9.17, 15) is 75.7 Å². The van der Waals surface area contributed by atoms with Crippen LogP contribution < -0.4 is 5.73 Å². The number of aliphatic carboxylic acids is 2. The Balaban J connectivity index is 0.936. The molecule has 664 valence electrons. The summed E-state index contributed by atoms with van der Waals surface area (Å²) in [5.41, 5.74) is 5.35. The van der Waals surface area contributed by atoms with Gasteiger partial charge in [0.25, 0.3) is 0 Å². The average Bonchev–Trinajstić information content (AvgIpc) is 1.41. The largest absolute Gasteiger partial charge is 0.479 e. The first-order valence-electron chi connectivity index (χ1n) is 44.3. The minimum atomic E-state index is -1.85. The van der Waals surface area contributed by atoms with Crippen LogP contribution in [0.25, 0.3) is 0 Å². The molecular weight excluding hydrogens is 1510 g/mol. The second-order valence-corrected chi connectivity index (χ2v) is 37.5. The molecule has 31 heteroatoms. The molecule has 8 saturated carbocycles. The van der Waals surface area contributed by atoms with Gasteiger partial charge < -0.3 is 129 Å². The van der Waals surface area contributed by atoms with Crippen molar-refractivity contribution < 1.29 is 147 Å². The lowest BCUT2D eigenvalue weighted by atomic mass is 9.43. The Morgan fingerprint density at radius 1 is 0.500 bits per heavy atom. The van der Waals surface area contributed by atoms with Gasteiger partial charge in [0.1, 0.15) is 97.3 Å². The van der Waals surface area contributed by atoms with Crippen molar-refractivity contribution in [3.63, 3.8) is 0 Å². The van der Waals surface area contributed by atoms with E-state index in [0.717, 1.165) is 64.2 Å². The number of aliphatic hydroxyl groups excluding tert-OH is 10. The topological polar surface area (TPSA) is 474 Å². The van der Waals surface area contributed by atoms with E-state index in [4.69, 9.17) is 67.3 Å². The number of carbonyl (C=O) groups is 5. The molecule has 0 amide bonds. The molecule has 39 atom stereocenters. The van der Waals surface area contributed by atoms with Crippen molar-refractivity contribution in [2.24, 2.45) is 87.6 Å². The second-order valence-electron chi connectivity index (χ2n) is 37.5. The van der Waals surface area contributed by atoms with Crippen LogP contribution in [0, 0.1) is 81.8 Å². The second kappa shape index (κ2) is 40.0. The normalized spacial score (nSPS) is 45.9. The highest BCUT2D eigenvalue weighted by molar-refractivity contribution is 5.76. The van der Waals surface area contributed by atoms with Crippen molar-refractivity contribution >= 4 is 29.8 Å². The van der Waals surface area contributed by atoms with Gasteiger partial charge in [-0.2, -0.15) is 0 Å². The minimum absolute atomic E-state index is 0.0417. The summed E-state index contributed by atoms with van der Waals surface area (Å²) < 4.78 is 85.9. The third kappa shape index (κ3) is 19.5. The number of fused-ring (bicyclic) bond motifs is 5. The van der Waals surface area contributed by atoms with Gasteiger partial charge in [-0.25, -0.2) is 9.59 Å². The molecule has 12 fully saturated rings. The first-order chi connectivity index (χ1) is 55.4. The average molecular weight is 1660 g/mol. The lowest BCUT2D eigenvalue weighted by Gasteiger charge is -2.64. The van der Waals surface area contributed by atoms with E-state index in [1.807, 2.05) is 20.8 Å². The van der Waals surface area contributed by atoms with Gasteiger partial charge in [0.15, 0.2) is 37.4 Å². The number of ether oxygens (including phenoxy) is 13. The number of nitrogens with two attached hydrogens (primary N) is 1. The van der Waals surface area contributed by atoms with Gasteiger partial charge >= 0.3 is 29.8 Å². The van der Waals surface area contributed by atoms with Crippen molar-refractivity contribution in [3.05, 3.63) is 0 Å². The molecule has 116 heavy (non-hydrogen) atoms. The highest BCUT2D eigenvalue weighted by Gasteiger charge is 2.69. The number of hydrogen-bond donors (Lipinski definition) is 13. The Hall–Kier alpha value is -3.49. The standard InChI is InChI=1S/C85H139NO30/c1-9-45-23-17-25-52(72(45)115-82-70(96)68(94)64(90)41(4)105-82)110-80-62(74(66(92)57(38-87)112-80)107-55(76(98)99)33-43-19-13-11-14-20-43)78(102)109-54-36-47-35-48(86)31-32-84(47,6)51-37-59(85(7)49(28-29-50(85)61(51)54)40(3)27-30-60(89)104-8)114-79(103)63-75(108-56(77(100)101)34-44-21-15-12-16-22-44)67(93)58(39-88)113-81(63)111-53-26-18-24-46(10-2)73(53)116-83-71(97)69(95)65(91)42(5)106-83/h40-59,61-75,80-83,87-88,90-97H,9-39,86H2,1-8H3,(H,98,99)(H,100,101)/t40-,41+,42+,45-,46-,47+,48+,49-,50+,51+,52-,53-,54-,55+,56+,57+,58+,59+,61+,62?,63?,64?,65+,66+,67?,68+,69?,70+,71+,72-,73-,74?,75?,80-,81-,82?,83?,84+,85-/m1/s1. The lowest BCUT2D eigenvalue weighted by Crippen LogP contribution is -2.66. The first kappa shape index (κ1) is 91.7. The predicted molar refractivity (Wildman–Crippen MR) is 409 cm³/mol. The van der Waals surface area contributed by atoms with Gasteiger partial charge in [0.05, 0.1) is 56.9 Å². The highest BCUT2D eigenvalue weighted by atomic mass is 16.8. The molecule has 14 N–H and O–H groups in total. The van der Waals surface area contributed by atoms with Gasteiger partial charge in [-0.3, -0.25) is 14.4 Å². The number of methoxy groups -OCH3 is 1. The summed E-state index contributed by atoms with van der Waals surface area (Å²) in [6, 6.07) is -0.276. The number of esters is 3. The first-order valence-corrected chi connectivity index (χ1v) is 44.3. The molecule has 0 bridgehead atoms. The van der Waals surface area contributed by atoms with Crippen LogP contribution in [0.5, 0.6) is 0 Å². The van der Waals surface area contributed by atoms with Gasteiger partial charge in [0.2, 0.25) is 0 Å². The summed E-state index contributed by atoms with van der Waals surface area (Å²) >= 11 is 0. The number of carboxylic acids is 2. The molecule has 4 saturated heterocycles. The van der Waals surface area contributed by atoms with Crippen molar-refractivity contribution in [1.82, 2.24) is 0 Å². The zero-order valence-corrected chi connectivity index (χ0v) is 69.2. The van der Waals surface area contributed by atoms with Crippen LogP contribution in [-0.2, 0) is 85.6 Å². The zero-order valence-electron chi connectivity index (χ0n) is 69.2. The SMILES string of the molecule is CC[C@@H]1CCC[C@@H](O[C@@H]2O[C@@H](CO)C(O)C(O[C@@H](CC3CCCCC3)C(=O)O)C2C(=O)O[C@H]2C[C@H]3[C@@H]([C@H](OC(=O)C4C(O[C@@H](CC5CCCCC5)C(=O)O)[C@@H](O)[C@H](CO)O[C@H]4O[C@@H]4CCC[C@@H](CC)[C@H]4OC4O[C@@H](C)C(O)[C@H](O)[C@@H]4O)C[C@@H]4C[C@@H](N)CC[C@@]43C)[C@@H]3CC[C@H]([C@H](C)CCC(=O)OC)[C@@]23C)[C@@H]1OC1O[C@@H](C)[C@H](O)C(O)[C@@H]1O. The molecule has 12 rings (SSSR count). The van der Waals surface area contributed by atoms with Crippen LogP contribution in [-0.4, -0.2) is 277 Å². The quantitative estimate of drug-likeness (QED) is 0.0323. The minimum Gasteiger partial charge on any atom is -0.479 e. The number of carboxylic acid groups (broad SMARTS) is 2. The van der Waals surface area contributed by atoms with E-state index in [2.05, 4.69) is 13.8 Å². The molecule has 0 aromatic rings. The fourth-order valence-electron chi connectivity index (χ4n) is 23.9. The molecule has 0 aromatic carbocycles. The van der Waals surface area contributed by atoms with Gasteiger partial charge in [-0.15, -0.1) is 0 Å². The maximum Gasteiger partial charge on any atom is 0.332 e. The Morgan fingerprint density at radius 2 is 0.974 bits per heavy atom. The molecule has 4 aliphatic heterocycles. The zero-order chi connectivity index (χ0) is 83.5. The van der Waals surface area contributed by atoms with Crippen LogP contribution in [0.1, 0.15) is 235 Å². The molecule has 31 nitrogen and oxygen atoms in total. The van der Waals surface area contributed by atoms with Crippen LogP contribution >= 0.6 is 0 Å². The fourth-order valence-corrected chi connectivity index (χ4v) is 23.9. The van der Waals surface area contributed by atoms with E-state index in [1.165, 1.54) is 21.0 Å². The van der Waals surface area contributed by atoms with Crippen LogP contribution in [0.15, 0.2) is 0 Å². The number of aliphatic hydroxyl groups is 10. The van der Waals surface area contributed by atoms with Crippen molar-refractivity contribution in [1.29, 1.82) is 0 Å². The third-order valence-electron chi connectivity index (χ3n) is 30.7. The lowest BCUT2D eigenvalue weighted by molar-refractivity contribution is -0.342. The summed E-state index contributed by atoms with van der Waals surface area (Å²) in [7, 11) is 1.32. The van der Waals surface area contributed by atoms with Crippen molar-refractivity contribution in [3.8, 4) is 0 Å². The molecule has 8 aliphatic carbocycles. The Bertz CT molecular complexity index is 3180. The smallest absolute Gasteiger partial charge is 0.332 e. The predicted octanol–water partition coefficient (Wildman–Crippen LogP) is 5.23. The van der Waals surface area contributed by atoms with Gasteiger partial charge in [0, 0.05) is 23.8 Å². The highest BCUT2D eigenvalue weighted by Crippen LogP contribution is 2.70. The molecular formula is C85H139NO30. The maximum atomic E-state index is 16.8. The fraction of sp³-hybridized carbons (Fsp3) is 0.941. The number of carbonyl (C=O) groups excluding carboxylic acids is 3. The Morgan fingerprint density at radius 3 is 1.42 bits per heavy atom. The summed E-state index contributed by atoms with van der Waals surface area (Å²) in [5.74, 6) is -11.5. The third-order valence-corrected chi connectivity index (χ3v) is 30.7. The van der Waals surface area contributed by atoms with Gasteiger partial charge in [-0.1, -0.05) is 125 Å². The van der Waals surface area contributed by atoms with Crippen molar-refractivity contribution in [2.45, 2.75) is 400 Å². The summed E-state index contributed by atoms with van der Waals surface area (Å²) in [6.45, 7) is 11.7. The van der Waals surface area contributed by atoms with E-state index in [-0.39, 0.29) is 86.0 Å². The summed E-state index contributed by atoms with van der Waals surface area (Å²) in [6.07, 6.45) is -20.8. The molecule has 12 aliphatic rings. The number of rotatable bonds is 30. The summed E-state index contributed by atoms with van der Waals surface area (Å²) in [5, 5.41) is 136. The van der Waals surface area contributed by atoms with E-state index in [1.54, 1.807) is 0 Å².